The summed E-state index contributed by atoms with van der Waals surface area (Å²) in [7, 11) is 0. The Labute approximate surface area is 98.4 Å². The van der Waals surface area contributed by atoms with E-state index in [4.69, 9.17) is 5.73 Å². The monoisotopic (exact) mass is 276 g/mol. The van der Waals surface area contributed by atoms with Crippen molar-refractivity contribution in [2.24, 2.45) is 11.7 Å². The Morgan fingerprint density at radius 3 is 2.27 bits per heavy atom. The van der Waals surface area contributed by atoms with Crippen LogP contribution in [0.15, 0.2) is 11.1 Å². The number of primary amides is 1. The van der Waals surface area contributed by atoms with Crippen LogP contribution in [0.3, 0.4) is 0 Å². The van der Waals surface area contributed by atoms with Gasteiger partial charge in [0, 0.05) is 12.8 Å². The summed E-state index contributed by atoms with van der Waals surface area (Å²) in [6, 6.07) is -0.678. The lowest BCUT2D eigenvalue weighted by Crippen LogP contribution is -2.44. The van der Waals surface area contributed by atoms with Crippen molar-refractivity contribution in [3.8, 4) is 0 Å². The Hall–Kier alpha value is -0.840. The van der Waals surface area contributed by atoms with Gasteiger partial charge in [-0.1, -0.05) is 36.4 Å². The van der Waals surface area contributed by atoms with Crippen LogP contribution in [0.25, 0.3) is 0 Å². The average Bonchev–Trinajstić information content (AvgIpc) is 1.99. The maximum Gasteiger partial charge on any atom is 0.240 e. The number of hydrogen-bond acceptors (Lipinski definition) is 2. The highest BCUT2D eigenvalue weighted by atomic mass is 79.9. The number of hydrogen-bond donors (Lipinski definition) is 2. The molecule has 0 aromatic rings. The van der Waals surface area contributed by atoms with Crippen molar-refractivity contribution in [3.63, 3.8) is 0 Å². The van der Waals surface area contributed by atoms with E-state index in [9.17, 15) is 9.59 Å². The van der Waals surface area contributed by atoms with Gasteiger partial charge in [-0.15, -0.1) is 0 Å². The molecular weight excluding hydrogens is 260 g/mol. The van der Waals surface area contributed by atoms with Crippen molar-refractivity contribution in [2.75, 3.05) is 0 Å². The van der Waals surface area contributed by atoms with E-state index in [1.54, 1.807) is 0 Å². The van der Waals surface area contributed by atoms with E-state index in [1.807, 2.05) is 13.8 Å². The normalized spacial score (nSPS) is 12.3. The van der Waals surface area contributed by atoms with E-state index in [2.05, 4.69) is 27.8 Å². The molecule has 3 N–H and O–H groups in total. The first-order valence-electron chi connectivity index (χ1n) is 4.75. The molecule has 0 rings (SSSR count). The predicted octanol–water partition coefficient (Wildman–Crippen LogP) is 1.30. The molecule has 0 unspecified atom stereocenters. The maximum atomic E-state index is 11.4. The van der Waals surface area contributed by atoms with Gasteiger partial charge in [0.05, 0.1) is 0 Å². The highest BCUT2D eigenvalue weighted by Crippen LogP contribution is 2.10. The molecule has 0 saturated heterocycles. The highest BCUT2D eigenvalue weighted by Gasteiger charge is 2.18. The van der Waals surface area contributed by atoms with Crippen LogP contribution in [0.4, 0.5) is 0 Å². The quantitative estimate of drug-likeness (QED) is 0.768. The lowest BCUT2D eigenvalue weighted by atomic mass is 10.1. The Morgan fingerprint density at radius 1 is 1.40 bits per heavy atom. The third-order valence-corrected chi connectivity index (χ3v) is 2.02. The van der Waals surface area contributed by atoms with Gasteiger partial charge < -0.3 is 11.1 Å². The minimum atomic E-state index is -0.678. The minimum absolute atomic E-state index is 0.164. The number of carbonyl (C=O) groups is 2. The maximum absolute atomic E-state index is 11.4. The second kappa shape index (κ2) is 6.61. The van der Waals surface area contributed by atoms with Crippen molar-refractivity contribution < 1.29 is 9.59 Å². The SMILES string of the molecule is C=C(Br)C[C@@H](NC(=O)CC(C)C)C(N)=O. The third-order valence-electron chi connectivity index (χ3n) is 1.70. The smallest absolute Gasteiger partial charge is 0.240 e. The van der Waals surface area contributed by atoms with Crippen LogP contribution in [0, 0.1) is 5.92 Å². The Morgan fingerprint density at radius 2 is 1.93 bits per heavy atom. The fourth-order valence-electron chi connectivity index (χ4n) is 1.07. The Kier molecular flexibility index (Phi) is 6.24. The molecule has 0 fully saturated rings. The largest absolute Gasteiger partial charge is 0.368 e. The molecule has 0 bridgehead atoms. The molecule has 0 heterocycles. The van der Waals surface area contributed by atoms with E-state index in [0.717, 1.165) is 0 Å². The van der Waals surface area contributed by atoms with E-state index in [-0.39, 0.29) is 11.8 Å². The van der Waals surface area contributed by atoms with Crippen LogP contribution < -0.4 is 11.1 Å². The number of nitrogens with one attached hydrogen (secondary N) is 1. The van der Waals surface area contributed by atoms with Gasteiger partial charge in [0.15, 0.2) is 0 Å². The summed E-state index contributed by atoms with van der Waals surface area (Å²) >= 11 is 3.13. The summed E-state index contributed by atoms with van der Waals surface area (Å²) < 4.78 is 0.635. The first-order chi connectivity index (χ1) is 6.82. The van der Waals surface area contributed by atoms with E-state index < -0.39 is 11.9 Å². The van der Waals surface area contributed by atoms with E-state index in [1.165, 1.54) is 0 Å². The van der Waals surface area contributed by atoms with Crippen LogP contribution >= 0.6 is 15.9 Å². The van der Waals surface area contributed by atoms with E-state index in [0.29, 0.717) is 17.3 Å². The van der Waals surface area contributed by atoms with Crippen molar-refractivity contribution >= 4 is 27.7 Å². The first-order valence-corrected chi connectivity index (χ1v) is 5.54. The molecule has 0 aliphatic carbocycles. The Balaban J connectivity index is 4.22. The molecule has 15 heavy (non-hydrogen) atoms. The molecular formula is C10H17BrN2O2. The van der Waals surface area contributed by atoms with Crippen molar-refractivity contribution in [1.29, 1.82) is 0 Å². The highest BCUT2D eigenvalue weighted by molar-refractivity contribution is 9.11. The number of halogens is 1. The molecule has 0 aliphatic rings. The summed E-state index contributed by atoms with van der Waals surface area (Å²) in [6.07, 6.45) is 0.706. The molecule has 1 atom stereocenters. The molecule has 86 valence electrons. The lowest BCUT2D eigenvalue weighted by Gasteiger charge is -2.15. The van der Waals surface area contributed by atoms with E-state index >= 15 is 0 Å². The topological polar surface area (TPSA) is 72.2 Å². The number of carbonyl (C=O) groups excluding carboxylic acids is 2. The molecule has 0 aromatic carbocycles. The van der Waals surface area contributed by atoms with Crippen LogP contribution in [0.5, 0.6) is 0 Å². The Bertz CT molecular complexity index is 264. The summed E-state index contributed by atoms with van der Waals surface area (Å²) in [6.45, 7) is 7.47. The molecule has 2 amide bonds. The van der Waals surface area contributed by atoms with Gasteiger partial charge in [-0.3, -0.25) is 9.59 Å². The van der Waals surface area contributed by atoms with Crippen LogP contribution in [0.1, 0.15) is 26.7 Å². The molecule has 5 heteroatoms. The molecule has 0 aromatic heterocycles. The lowest BCUT2D eigenvalue weighted by molar-refractivity contribution is -0.127. The number of nitrogens with two attached hydrogens (primary N) is 1. The van der Waals surface area contributed by atoms with Crippen molar-refractivity contribution in [2.45, 2.75) is 32.7 Å². The molecule has 0 spiro atoms. The average molecular weight is 277 g/mol. The fraction of sp³-hybridized carbons (Fsp3) is 0.600. The summed E-state index contributed by atoms with van der Waals surface area (Å²) in [4.78, 5) is 22.4. The molecule has 4 nitrogen and oxygen atoms in total. The number of rotatable bonds is 6. The summed E-state index contributed by atoms with van der Waals surface area (Å²) in [5.41, 5.74) is 5.15. The van der Waals surface area contributed by atoms with Crippen LogP contribution in [-0.2, 0) is 9.59 Å². The fourth-order valence-corrected chi connectivity index (χ4v) is 1.39. The van der Waals surface area contributed by atoms with Gasteiger partial charge in [0.1, 0.15) is 6.04 Å². The predicted molar refractivity (Wildman–Crippen MR) is 63.3 cm³/mol. The molecule has 0 radical (unpaired) electrons. The molecule has 0 saturated carbocycles. The zero-order valence-electron chi connectivity index (χ0n) is 9.05. The van der Waals surface area contributed by atoms with Crippen LogP contribution in [-0.4, -0.2) is 17.9 Å². The second-order valence-corrected chi connectivity index (χ2v) is 4.96. The second-order valence-electron chi connectivity index (χ2n) is 3.84. The van der Waals surface area contributed by atoms with Crippen LogP contribution in [0.2, 0.25) is 0 Å². The van der Waals surface area contributed by atoms with Gasteiger partial charge in [-0.2, -0.15) is 0 Å². The van der Waals surface area contributed by atoms with Crippen molar-refractivity contribution in [3.05, 3.63) is 11.1 Å². The standard InChI is InChI=1S/C10H17BrN2O2/c1-6(2)4-9(14)13-8(10(12)15)5-7(3)11/h6,8H,3-5H2,1-2H3,(H2,12,15)(H,13,14)/t8-/m1/s1. The third kappa shape index (κ3) is 7.13. The van der Waals surface area contributed by atoms with Gasteiger partial charge in [0.25, 0.3) is 0 Å². The zero-order valence-corrected chi connectivity index (χ0v) is 10.6. The summed E-state index contributed by atoms with van der Waals surface area (Å²) in [5, 5.41) is 2.57. The minimum Gasteiger partial charge on any atom is -0.368 e. The molecule has 0 aliphatic heterocycles. The number of amides is 2. The first kappa shape index (κ1) is 14.2. The van der Waals surface area contributed by atoms with Gasteiger partial charge in [-0.05, 0) is 10.4 Å². The van der Waals surface area contributed by atoms with Gasteiger partial charge in [-0.25, -0.2) is 0 Å². The zero-order chi connectivity index (χ0) is 12.0. The van der Waals surface area contributed by atoms with Gasteiger partial charge in [0.2, 0.25) is 11.8 Å². The summed E-state index contributed by atoms with van der Waals surface area (Å²) in [5.74, 6) is -0.457. The van der Waals surface area contributed by atoms with Crippen molar-refractivity contribution in [1.82, 2.24) is 5.32 Å². The van der Waals surface area contributed by atoms with Gasteiger partial charge >= 0.3 is 0 Å².